The number of rotatable bonds is 2. The van der Waals surface area contributed by atoms with Gasteiger partial charge in [-0.15, -0.1) is 0 Å². The molecule has 2 atom stereocenters. The summed E-state index contributed by atoms with van der Waals surface area (Å²) in [4.78, 5) is 0. The molecule has 0 saturated heterocycles. The maximum Gasteiger partial charge on any atom is -0.00931 e. The lowest BCUT2D eigenvalue weighted by Crippen LogP contribution is -2.10. The minimum Gasteiger partial charge on any atom is -0.0590 e. The summed E-state index contributed by atoms with van der Waals surface area (Å²) in [7, 11) is 0. The zero-order valence-electron chi connectivity index (χ0n) is 13.3. The largest absolute Gasteiger partial charge is 0.0590 e. The molecule has 0 nitrogen and oxygen atoms in total. The first-order valence-corrected chi connectivity index (χ1v) is 8.37. The Kier molecular flexibility index (Phi) is 4.43. The Morgan fingerprint density at radius 3 is 1.33 bits per heavy atom. The Bertz CT molecular complexity index is 508. The molecule has 0 aromatic heterocycles. The van der Waals surface area contributed by atoms with Gasteiger partial charge in [0.2, 0.25) is 0 Å². The lowest BCUT2D eigenvalue weighted by Gasteiger charge is -2.26. The molecule has 1 aliphatic carbocycles. The van der Waals surface area contributed by atoms with Gasteiger partial charge in [-0.2, -0.15) is 0 Å². The summed E-state index contributed by atoms with van der Waals surface area (Å²) >= 11 is 0. The molecule has 1 fully saturated rings. The molecule has 2 unspecified atom stereocenters. The van der Waals surface area contributed by atoms with Crippen LogP contribution in [0.15, 0.2) is 48.5 Å². The quantitative estimate of drug-likeness (QED) is 0.579. The molecule has 0 spiro atoms. The van der Waals surface area contributed by atoms with Crippen molar-refractivity contribution in [2.75, 3.05) is 0 Å². The summed E-state index contributed by atoms with van der Waals surface area (Å²) in [5, 5.41) is 0. The van der Waals surface area contributed by atoms with Gasteiger partial charge in [-0.25, -0.2) is 0 Å². The second kappa shape index (κ2) is 6.47. The highest BCUT2D eigenvalue weighted by atomic mass is 14.3. The van der Waals surface area contributed by atoms with E-state index in [0.717, 1.165) is 0 Å². The highest BCUT2D eigenvalue weighted by molar-refractivity contribution is 5.32. The maximum atomic E-state index is 2.35. The Balaban J connectivity index is 1.93. The van der Waals surface area contributed by atoms with Crippen molar-refractivity contribution in [2.24, 2.45) is 0 Å². The van der Waals surface area contributed by atoms with E-state index in [-0.39, 0.29) is 0 Å². The molecule has 0 heterocycles. The molecule has 3 rings (SSSR count). The van der Waals surface area contributed by atoms with Crippen molar-refractivity contribution in [3.63, 3.8) is 0 Å². The topological polar surface area (TPSA) is 0 Å². The number of hydrogen-bond donors (Lipinski definition) is 0. The number of hydrogen-bond acceptors (Lipinski definition) is 0. The lowest BCUT2D eigenvalue weighted by atomic mass is 9.78. The van der Waals surface area contributed by atoms with Crippen molar-refractivity contribution in [3.8, 4) is 0 Å². The second-order valence-electron chi connectivity index (χ2n) is 6.67. The maximum absolute atomic E-state index is 2.35. The fourth-order valence-electron chi connectivity index (χ4n) is 3.73. The van der Waals surface area contributed by atoms with Gasteiger partial charge >= 0.3 is 0 Å². The van der Waals surface area contributed by atoms with E-state index in [4.69, 9.17) is 0 Å². The summed E-state index contributed by atoms with van der Waals surface area (Å²) in [6, 6.07) is 18.5. The van der Waals surface area contributed by atoms with Crippen LogP contribution in [0.2, 0.25) is 0 Å². The van der Waals surface area contributed by atoms with Gasteiger partial charge in [0.25, 0.3) is 0 Å². The molecule has 1 aliphatic rings. The number of aryl methyl sites for hydroxylation is 2. The molecule has 0 amide bonds. The monoisotopic (exact) mass is 278 g/mol. The highest BCUT2D eigenvalue weighted by Crippen LogP contribution is 2.42. The third-order valence-corrected chi connectivity index (χ3v) is 5.03. The molecule has 0 aliphatic heterocycles. The van der Waals surface area contributed by atoms with Gasteiger partial charge in [0.15, 0.2) is 0 Å². The average molecular weight is 278 g/mol. The van der Waals surface area contributed by atoms with Crippen molar-refractivity contribution >= 4 is 0 Å². The Morgan fingerprint density at radius 1 is 0.571 bits per heavy atom. The Labute approximate surface area is 129 Å². The Hall–Kier alpha value is -1.56. The second-order valence-corrected chi connectivity index (χ2v) is 6.67. The first kappa shape index (κ1) is 14.4. The molecule has 0 N–H and O–H groups in total. The standard InChI is InChI=1S/C21H26/c1-16-8-12-18(13-9-16)20-6-4-3-5-7-21(20)19-14-10-17(2)11-15-19/h8-15,20-21H,3-7H2,1-2H3. The third-order valence-electron chi connectivity index (χ3n) is 5.03. The normalized spacial score (nSPS) is 22.8. The van der Waals surface area contributed by atoms with Crippen molar-refractivity contribution in [1.29, 1.82) is 0 Å². The molecular weight excluding hydrogens is 252 g/mol. The molecule has 1 saturated carbocycles. The predicted molar refractivity (Wildman–Crippen MR) is 90.9 cm³/mol. The fraction of sp³-hybridized carbons (Fsp3) is 0.429. The summed E-state index contributed by atoms with van der Waals surface area (Å²) in [5.41, 5.74) is 5.79. The van der Waals surface area contributed by atoms with Crippen LogP contribution in [0.4, 0.5) is 0 Å². The zero-order valence-corrected chi connectivity index (χ0v) is 13.3. The third kappa shape index (κ3) is 3.37. The van der Waals surface area contributed by atoms with Crippen LogP contribution < -0.4 is 0 Å². The van der Waals surface area contributed by atoms with Crippen LogP contribution in [0, 0.1) is 13.8 Å². The SMILES string of the molecule is Cc1ccc(C2CCCCCC2c2ccc(C)cc2)cc1. The lowest BCUT2D eigenvalue weighted by molar-refractivity contribution is 0.510. The zero-order chi connectivity index (χ0) is 14.7. The molecule has 0 radical (unpaired) electrons. The molecule has 2 aromatic carbocycles. The first-order valence-electron chi connectivity index (χ1n) is 8.37. The van der Waals surface area contributed by atoms with Crippen LogP contribution >= 0.6 is 0 Å². The van der Waals surface area contributed by atoms with Gasteiger partial charge in [-0.3, -0.25) is 0 Å². The molecular formula is C21H26. The van der Waals surface area contributed by atoms with E-state index in [1.807, 2.05) is 0 Å². The fourth-order valence-corrected chi connectivity index (χ4v) is 3.73. The molecule has 0 bridgehead atoms. The summed E-state index contributed by atoms with van der Waals surface area (Å²) < 4.78 is 0. The predicted octanol–water partition coefficient (Wildman–Crippen LogP) is 6.13. The van der Waals surface area contributed by atoms with E-state index in [9.17, 15) is 0 Å². The molecule has 2 aromatic rings. The summed E-state index contributed by atoms with van der Waals surface area (Å²) in [6.45, 7) is 4.35. The molecule has 0 heteroatoms. The van der Waals surface area contributed by atoms with Gasteiger partial charge < -0.3 is 0 Å². The van der Waals surface area contributed by atoms with Gasteiger partial charge in [-0.1, -0.05) is 78.9 Å². The van der Waals surface area contributed by atoms with Crippen LogP contribution in [0.25, 0.3) is 0 Å². The average Bonchev–Trinajstić information content (AvgIpc) is 2.75. The van der Waals surface area contributed by atoms with E-state index in [1.165, 1.54) is 54.4 Å². The van der Waals surface area contributed by atoms with E-state index >= 15 is 0 Å². The smallest absolute Gasteiger partial charge is 0.00931 e. The van der Waals surface area contributed by atoms with Crippen LogP contribution in [0.3, 0.4) is 0 Å². The van der Waals surface area contributed by atoms with E-state index in [0.29, 0.717) is 11.8 Å². The first-order chi connectivity index (χ1) is 10.2. The van der Waals surface area contributed by atoms with Crippen LogP contribution in [0.1, 0.15) is 66.2 Å². The van der Waals surface area contributed by atoms with Gasteiger partial charge in [0.05, 0.1) is 0 Å². The van der Waals surface area contributed by atoms with Gasteiger partial charge in [0, 0.05) is 0 Å². The van der Waals surface area contributed by atoms with Gasteiger partial charge in [-0.05, 0) is 49.7 Å². The van der Waals surface area contributed by atoms with Crippen molar-refractivity contribution < 1.29 is 0 Å². The van der Waals surface area contributed by atoms with E-state index < -0.39 is 0 Å². The minimum absolute atomic E-state index is 0.691. The summed E-state index contributed by atoms with van der Waals surface area (Å²) in [6.07, 6.45) is 6.82. The van der Waals surface area contributed by atoms with Crippen molar-refractivity contribution in [2.45, 2.75) is 57.8 Å². The van der Waals surface area contributed by atoms with Crippen LogP contribution in [-0.2, 0) is 0 Å². The van der Waals surface area contributed by atoms with Crippen LogP contribution in [-0.4, -0.2) is 0 Å². The van der Waals surface area contributed by atoms with E-state index in [2.05, 4.69) is 62.4 Å². The van der Waals surface area contributed by atoms with Gasteiger partial charge in [0.1, 0.15) is 0 Å². The van der Waals surface area contributed by atoms with E-state index in [1.54, 1.807) is 0 Å². The Morgan fingerprint density at radius 2 is 0.952 bits per heavy atom. The molecule has 110 valence electrons. The minimum atomic E-state index is 0.691. The number of benzene rings is 2. The molecule has 21 heavy (non-hydrogen) atoms. The summed E-state index contributed by atoms with van der Waals surface area (Å²) in [5.74, 6) is 1.38. The highest BCUT2D eigenvalue weighted by Gasteiger charge is 2.26. The van der Waals surface area contributed by atoms with Crippen LogP contribution in [0.5, 0.6) is 0 Å². The van der Waals surface area contributed by atoms with Crippen molar-refractivity contribution in [1.82, 2.24) is 0 Å². The van der Waals surface area contributed by atoms with Crippen molar-refractivity contribution in [3.05, 3.63) is 70.8 Å².